The maximum absolute atomic E-state index is 11.1. The zero-order valence-corrected chi connectivity index (χ0v) is 10.7. The molecule has 1 fully saturated rings. The van der Waals surface area contributed by atoms with Crippen LogP contribution in [0.2, 0.25) is 0 Å². The van der Waals surface area contributed by atoms with Gasteiger partial charge in [-0.1, -0.05) is 34.1 Å². The highest BCUT2D eigenvalue weighted by Crippen LogP contribution is 2.31. The Morgan fingerprint density at radius 2 is 1.88 bits per heavy atom. The Morgan fingerprint density at radius 1 is 1.25 bits per heavy atom. The normalized spacial score (nSPS) is 19.8. The molecule has 0 aromatic heterocycles. The molecule has 3 heteroatoms. The van der Waals surface area contributed by atoms with Gasteiger partial charge in [0.05, 0.1) is 5.60 Å². The maximum Gasteiger partial charge on any atom is 0.133 e. The fraction of sp³-hybridized carbons (Fsp3) is 0.462. The molecule has 0 bridgehead atoms. The summed E-state index contributed by atoms with van der Waals surface area (Å²) in [6.07, 6.45) is 2.84. The predicted molar refractivity (Wildman–Crippen MR) is 66.3 cm³/mol. The zero-order valence-electron chi connectivity index (χ0n) is 9.08. The van der Waals surface area contributed by atoms with E-state index in [1.807, 2.05) is 24.3 Å². The number of Topliss-reactive ketones (excluding diaryl/α,β-unsaturated/α-hetero) is 1. The van der Waals surface area contributed by atoms with Crippen molar-refractivity contribution in [1.82, 2.24) is 0 Å². The first-order valence-corrected chi connectivity index (χ1v) is 6.36. The molecule has 0 aliphatic heterocycles. The van der Waals surface area contributed by atoms with Crippen LogP contribution in [0.3, 0.4) is 0 Å². The number of aliphatic hydroxyl groups is 1. The Morgan fingerprint density at radius 3 is 2.50 bits per heavy atom. The quantitative estimate of drug-likeness (QED) is 0.906. The summed E-state index contributed by atoms with van der Waals surface area (Å²) in [6, 6.07) is 7.92. The van der Waals surface area contributed by atoms with E-state index in [0.717, 1.165) is 10.0 Å². The summed E-state index contributed by atoms with van der Waals surface area (Å²) in [5.74, 6) is 0.275. The fourth-order valence-electron chi connectivity index (χ4n) is 2.17. The third-order valence-electron chi connectivity index (χ3n) is 3.22. The lowest BCUT2D eigenvalue weighted by atomic mass is 9.80. The largest absolute Gasteiger partial charge is 0.390 e. The second kappa shape index (κ2) is 4.68. The van der Waals surface area contributed by atoms with Crippen molar-refractivity contribution in [3.63, 3.8) is 0 Å². The molecule has 2 rings (SSSR count). The molecule has 1 saturated carbocycles. The molecular weight excluding hydrogens is 268 g/mol. The van der Waals surface area contributed by atoms with Crippen molar-refractivity contribution >= 4 is 21.7 Å². The van der Waals surface area contributed by atoms with Crippen molar-refractivity contribution in [2.75, 3.05) is 0 Å². The van der Waals surface area contributed by atoms with Gasteiger partial charge in [-0.3, -0.25) is 4.79 Å². The van der Waals surface area contributed by atoms with Gasteiger partial charge in [0, 0.05) is 23.7 Å². The van der Waals surface area contributed by atoms with Crippen LogP contribution in [-0.2, 0) is 11.2 Å². The molecule has 0 saturated heterocycles. The summed E-state index contributed by atoms with van der Waals surface area (Å²) in [7, 11) is 0. The molecule has 0 spiro atoms. The number of benzene rings is 1. The monoisotopic (exact) mass is 282 g/mol. The van der Waals surface area contributed by atoms with E-state index >= 15 is 0 Å². The van der Waals surface area contributed by atoms with Gasteiger partial charge < -0.3 is 5.11 Å². The third kappa shape index (κ3) is 2.71. The summed E-state index contributed by atoms with van der Waals surface area (Å²) >= 11 is 3.48. The van der Waals surface area contributed by atoms with Crippen molar-refractivity contribution in [1.29, 1.82) is 0 Å². The predicted octanol–water partition coefficient (Wildman–Crippen LogP) is 2.87. The SMILES string of the molecule is O=C1CCC(O)(Cc2ccccc2Br)CC1. The lowest BCUT2D eigenvalue weighted by Gasteiger charge is -2.31. The summed E-state index contributed by atoms with van der Waals surface area (Å²) in [5, 5.41) is 10.4. The molecule has 0 radical (unpaired) electrons. The van der Waals surface area contributed by atoms with E-state index in [1.54, 1.807) is 0 Å². The molecule has 0 heterocycles. The van der Waals surface area contributed by atoms with Gasteiger partial charge in [-0.05, 0) is 24.5 Å². The number of carbonyl (C=O) groups is 1. The lowest BCUT2D eigenvalue weighted by Crippen LogP contribution is -2.36. The van der Waals surface area contributed by atoms with Gasteiger partial charge in [0.1, 0.15) is 5.78 Å². The Kier molecular flexibility index (Phi) is 3.45. The van der Waals surface area contributed by atoms with Crippen LogP contribution in [0.15, 0.2) is 28.7 Å². The highest BCUT2D eigenvalue weighted by atomic mass is 79.9. The van der Waals surface area contributed by atoms with E-state index < -0.39 is 5.60 Å². The van der Waals surface area contributed by atoms with Crippen LogP contribution in [0.5, 0.6) is 0 Å². The Hall–Kier alpha value is -0.670. The molecule has 1 N–H and O–H groups in total. The van der Waals surface area contributed by atoms with Crippen LogP contribution in [0.25, 0.3) is 0 Å². The van der Waals surface area contributed by atoms with Gasteiger partial charge >= 0.3 is 0 Å². The van der Waals surface area contributed by atoms with Crippen molar-refractivity contribution < 1.29 is 9.90 Å². The number of hydrogen-bond acceptors (Lipinski definition) is 2. The van der Waals surface area contributed by atoms with E-state index in [-0.39, 0.29) is 5.78 Å². The van der Waals surface area contributed by atoms with E-state index in [0.29, 0.717) is 32.1 Å². The van der Waals surface area contributed by atoms with E-state index in [2.05, 4.69) is 15.9 Å². The molecule has 1 aliphatic carbocycles. The number of carbonyl (C=O) groups excluding carboxylic acids is 1. The van der Waals surface area contributed by atoms with Crippen LogP contribution >= 0.6 is 15.9 Å². The minimum atomic E-state index is -0.697. The number of rotatable bonds is 2. The molecule has 0 unspecified atom stereocenters. The minimum Gasteiger partial charge on any atom is -0.390 e. The van der Waals surface area contributed by atoms with E-state index in [4.69, 9.17) is 0 Å². The van der Waals surface area contributed by atoms with Crippen LogP contribution in [0.4, 0.5) is 0 Å². The van der Waals surface area contributed by atoms with Crippen LogP contribution in [-0.4, -0.2) is 16.5 Å². The van der Waals surface area contributed by atoms with E-state index in [1.165, 1.54) is 0 Å². The van der Waals surface area contributed by atoms with Crippen molar-refractivity contribution in [2.24, 2.45) is 0 Å². The molecular formula is C13H15BrO2. The fourth-order valence-corrected chi connectivity index (χ4v) is 2.59. The van der Waals surface area contributed by atoms with Crippen molar-refractivity contribution in [3.05, 3.63) is 34.3 Å². The Bertz CT molecular complexity index is 391. The molecule has 2 nitrogen and oxygen atoms in total. The molecule has 0 amide bonds. The molecule has 16 heavy (non-hydrogen) atoms. The lowest BCUT2D eigenvalue weighted by molar-refractivity contribution is -0.125. The van der Waals surface area contributed by atoms with Gasteiger partial charge in [-0.15, -0.1) is 0 Å². The molecule has 0 atom stereocenters. The van der Waals surface area contributed by atoms with Crippen molar-refractivity contribution in [3.8, 4) is 0 Å². The second-order valence-corrected chi connectivity index (χ2v) is 5.39. The zero-order chi connectivity index (χ0) is 11.6. The smallest absolute Gasteiger partial charge is 0.133 e. The average Bonchev–Trinajstić information content (AvgIpc) is 2.27. The molecule has 1 aromatic carbocycles. The van der Waals surface area contributed by atoms with Crippen LogP contribution in [0.1, 0.15) is 31.2 Å². The number of ketones is 1. The summed E-state index contributed by atoms with van der Waals surface area (Å²) < 4.78 is 1.03. The molecule has 1 aromatic rings. The molecule has 86 valence electrons. The van der Waals surface area contributed by atoms with Crippen molar-refractivity contribution in [2.45, 2.75) is 37.7 Å². The van der Waals surface area contributed by atoms with Gasteiger partial charge in [-0.2, -0.15) is 0 Å². The Labute approximate surface area is 104 Å². The minimum absolute atomic E-state index is 0.275. The summed E-state index contributed by atoms with van der Waals surface area (Å²) in [6.45, 7) is 0. The number of halogens is 1. The highest BCUT2D eigenvalue weighted by molar-refractivity contribution is 9.10. The molecule has 1 aliphatic rings. The highest BCUT2D eigenvalue weighted by Gasteiger charge is 2.32. The topological polar surface area (TPSA) is 37.3 Å². The Balaban J connectivity index is 2.09. The first kappa shape index (κ1) is 11.8. The van der Waals surface area contributed by atoms with Crippen LogP contribution < -0.4 is 0 Å². The summed E-state index contributed by atoms with van der Waals surface area (Å²) in [4.78, 5) is 11.1. The van der Waals surface area contributed by atoms with E-state index in [9.17, 15) is 9.90 Å². The maximum atomic E-state index is 11.1. The van der Waals surface area contributed by atoms with Crippen LogP contribution in [0, 0.1) is 0 Å². The van der Waals surface area contributed by atoms with Gasteiger partial charge in [-0.25, -0.2) is 0 Å². The van der Waals surface area contributed by atoms with Gasteiger partial charge in [0.25, 0.3) is 0 Å². The van der Waals surface area contributed by atoms with Gasteiger partial charge in [0.15, 0.2) is 0 Å². The first-order chi connectivity index (χ1) is 7.59. The van der Waals surface area contributed by atoms with Gasteiger partial charge in [0.2, 0.25) is 0 Å². The second-order valence-electron chi connectivity index (χ2n) is 4.53. The first-order valence-electron chi connectivity index (χ1n) is 5.57. The standard InChI is InChI=1S/C13H15BrO2/c14-12-4-2-1-3-10(12)9-13(16)7-5-11(15)6-8-13/h1-4,16H,5-9H2. The third-order valence-corrected chi connectivity index (χ3v) is 3.99. The average molecular weight is 283 g/mol. The number of hydrogen-bond donors (Lipinski definition) is 1. The summed E-state index contributed by atoms with van der Waals surface area (Å²) in [5.41, 5.74) is 0.414.